The van der Waals surface area contributed by atoms with Gasteiger partial charge in [-0.2, -0.15) is 0 Å². The molecular weight excluding hydrogens is 262 g/mol. The maximum atomic E-state index is 4.23. The Morgan fingerprint density at radius 1 is 1.28 bits per heavy atom. The largest absolute Gasteiger partial charge is 0.357 e. The van der Waals surface area contributed by atoms with E-state index in [1.54, 1.807) is 23.1 Å². The van der Waals surface area contributed by atoms with Crippen LogP contribution >= 0.6 is 23.1 Å². The van der Waals surface area contributed by atoms with Gasteiger partial charge in [0.05, 0.1) is 0 Å². The van der Waals surface area contributed by atoms with Gasteiger partial charge in [0.2, 0.25) is 5.13 Å². The molecule has 1 saturated carbocycles. The number of hydrogen-bond donors (Lipinski definition) is 1. The van der Waals surface area contributed by atoms with E-state index in [4.69, 9.17) is 0 Å². The number of nitrogens with one attached hydrogen (secondary N) is 1. The molecule has 18 heavy (non-hydrogen) atoms. The second-order valence-electron chi connectivity index (χ2n) is 4.46. The highest BCUT2D eigenvalue weighted by Gasteiger charge is 2.22. The van der Waals surface area contributed by atoms with Crippen LogP contribution in [0.2, 0.25) is 0 Å². The van der Waals surface area contributed by atoms with Crippen molar-refractivity contribution in [1.82, 2.24) is 10.2 Å². The minimum absolute atomic E-state index is 0.410. The molecule has 94 valence electrons. The van der Waals surface area contributed by atoms with Crippen LogP contribution in [0.5, 0.6) is 0 Å². The van der Waals surface area contributed by atoms with E-state index in [1.807, 2.05) is 6.07 Å². The number of thioether (sulfide) groups is 1. The second-order valence-corrected chi connectivity index (χ2v) is 7.03. The van der Waals surface area contributed by atoms with Crippen LogP contribution in [0.1, 0.15) is 30.6 Å². The maximum absolute atomic E-state index is 4.23. The molecule has 1 heterocycles. The van der Waals surface area contributed by atoms with Crippen molar-refractivity contribution in [3.8, 4) is 0 Å². The van der Waals surface area contributed by atoms with Crippen molar-refractivity contribution in [2.45, 2.75) is 35.4 Å². The van der Waals surface area contributed by atoms with Crippen molar-refractivity contribution in [3.63, 3.8) is 0 Å². The zero-order chi connectivity index (χ0) is 12.4. The van der Waals surface area contributed by atoms with Gasteiger partial charge in [-0.3, -0.25) is 0 Å². The first-order valence-corrected chi connectivity index (χ1v) is 7.82. The van der Waals surface area contributed by atoms with E-state index in [1.165, 1.54) is 18.4 Å². The molecule has 0 unspecified atom stereocenters. The van der Waals surface area contributed by atoms with E-state index in [0.717, 1.165) is 9.47 Å². The number of aromatic nitrogens is 2. The molecule has 0 saturated heterocycles. The van der Waals surface area contributed by atoms with Crippen LogP contribution in [0, 0.1) is 0 Å². The van der Waals surface area contributed by atoms with Gasteiger partial charge >= 0.3 is 0 Å². The van der Waals surface area contributed by atoms with Crippen LogP contribution in [0.25, 0.3) is 0 Å². The SMILES string of the molecule is C[C@@H](Sc1nnc(NC2CC2)s1)c1ccccc1. The summed E-state index contributed by atoms with van der Waals surface area (Å²) in [5.74, 6) is 0. The molecule has 1 fully saturated rings. The van der Waals surface area contributed by atoms with Crippen LogP contribution in [0.3, 0.4) is 0 Å². The van der Waals surface area contributed by atoms with E-state index < -0.39 is 0 Å². The summed E-state index contributed by atoms with van der Waals surface area (Å²) in [4.78, 5) is 0. The summed E-state index contributed by atoms with van der Waals surface area (Å²) in [5, 5.41) is 13.2. The Morgan fingerprint density at radius 3 is 2.78 bits per heavy atom. The third-order valence-electron chi connectivity index (χ3n) is 2.86. The molecule has 0 radical (unpaired) electrons. The fourth-order valence-electron chi connectivity index (χ4n) is 1.66. The van der Waals surface area contributed by atoms with E-state index >= 15 is 0 Å². The van der Waals surface area contributed by atoms with E-state index in [2.05, 4.69) is 46.7 Å². The zero-order valence-electron chi connectivity index (χ0n) is 10.2. The average molecular weight is 277 g/mol. The summed E-state index contributed by atoms with van der Waals surface area (Å²) >= 11 is 3.42. The van der Waals surface area contributed by atoms with Gasteiger partial charge < -0.3 is 5.32 Å². The van der Waals surface area contributed by atoms with Gasteiger partial charge in [0.25, 0.3) is 0 Å². The molecule has 5 heteroatoms. The van der Waals surface area contributed by atoms with Crippen molar-refractivity contribution in [3.05, 3.63) is 35.9 Å². The van der Waals surface area contributed by atoms with Gasteiger partial charge in [-0.05, 0) is 25.3 Å². The van der Waals surface area contributed by atoms with Crippen molar-refractivity contribution >= 4 is 28.2 Å². The summed E-state index contributed by atoms with van der Waals surface area (Å²) in [5.41, 5.74) is 1.33. The first-order valence-electron chi connectivity index (χ1n) is 6.13. The highest BCUT2D eigenvalue weighted by atomic mass is 32.2. The highest BCUT2D eigenvalue weighted by Crippen LogP contribution is 2.38. The average Bonchev–Trinajstić information content (AvgIpc) is 3.10. The third kappa shape index (κ3) is 3.03. The first-order chi connectivity index (χ1) is 8.81. The standard InChI is InChI=1S/C13H15N3S2/c1-9(10-5-3-2-4-6-10)17-13-16-15-12(18-13)14-11-7-8-11/h2-6,9,11H,7-8H2,1H3,(H,14,15)/t9-/m1/s1. The second kappa shape index (κ2) is 5.28. The minimum atomic E-state index is 0.410. The van der Waals surface area contributed by atoms with Gasteiger partial charge in [-0.1, -0.05) is 53.4 Å². The van der Waals surface area contributed by atoms with E-state index in [0.29, 0.717) is 11.3 Å². The molecule has 3 nitrogen and oxygen atoms in total. The van der Waals surface area contributed by atoms with E-state index in [9.17, 15) is 0 Å². The maximum Gasteiger partial charge on any atom is 0.206 e. The molecule has 0 aliphatic heterocycles. The number of anilines is 1. The minimum Gasteiger partial charge on any atom is -0.357 e. The summed E-state index contributed by atoms with van der Waals surface area (Å²) in [6.45, 7) is 2.20. The normalized spacial score (nSPS) is 16.5. The fourth-order valence-corrected chi connectivity index (χ4v) is 3.76. The predicted molar refractivity (Wildman–Crippen MR) is 77.3 cm³/mol. The highest BCUT2D eigenvalue weighted by molar-refractivity contribution is 8.01. The summed E-state index contributed by atoms with van der Waals surface area (Å²) < 4.78 is 1.04. The van der Waals surface area contributed by atoms with Gasteiger partial charge in [0.15, 0.2) is 4.34 Å². The van der Waals surface area contributed by atoms with Gasteiger partial charge in [0.1, 0.15) is 0 Å². The first kappa shape index (κ1) is 12.0. The van der Waals surface area contributed by atoms with Crippen molar-refractivity contribution < 1.29 is 0 Å². The van der Waals surface area contributed by atoms with Crippen LogP contribution in [0.15, 0.2) is 34.7 Å². The Morgan fingerprint density at radius 2 is 2.06 bits per heavy atom. The Hall–Kier alpha value is -1.07. The van der Waals surface area contributed by atoms with Crippen LogP contribution < -0.4 is 5.32 Å². The van der Waals surface area contributed by atoms with Crippen molar-refractivity contribution in [2.75, 3.05) is 5.32 Å². The topological polar surface area (TPSA) is 37.8 Å². The molecule has 0 amide bonds. The molecule has 1 atom stereocenters. The Balaban J connectivity index is 1.63. The molecule has 1 aromatic heterocycles. The Labute approximate surface area is 115 Å². The lowest BCUT2D eigenvalue weighted by atomic mass is 10.2. The molecule has 1 N–H and O–H groups in total. The lowest BCUT2D eigenvalue weighted by Gasteiger charge is -2.08. The quantitative estimate of drug-likeness (QED) is 0.839. The zero-order valence-corrected chi connectivity index (χ0v) is 11.8. The molecule has 1 aliphatic carbocycles. The lowest BCUT2D eigenvalue weighted by Crippen LogP contribution is -1.99. The van der Waals surface area contributed by atoms with E-state index in [-0.39, 0.29) is 0 Å². The molecule has 2 aromatic rings. The molecular formula is C13H15N3S2. The summed E-state index contributed by atoms with van der Waals surface area (Å²) in [6, 6.07) is 11.1. The molecule has 3 rings (SSSR count). The van der Waals surface area contributed by atoms with Crippen LogP contribution in [-0.4, -0.2) is 16.2 Å². The number of benzene rings is 1. The number of nitrogens with zero attached hydrogens (tertiary/aromatic N) is 2. The number of rotatable bonds is 5. The summed E-state index contributed by atoms with van der Waals surface area (Å²) in [7, 11) is 0. The number of hydrogen-bond acceptors (Lipinski definition) is 5. The fraction of sp³-hybridized carbons (Fsp3) is 0.385. The lowest BCUT2D eigenvalue weighted by molar-refractivity contribution is 0.986. The van der Waals surface area contributed by atoms with Gasteiger partial charge in [-0.15, -0.1) is 10.2 Å². The molecule has 1 aromatic carbocycles. The molecule has 1 aliphatic rings. The van der Waals surface area contributed by atoms with Crippen LogP contribution in [0.4, 0.5) is 5.13 Å². The van der Waals surface area contributed by atoms with Crippen LogP contribution in [-0.2, 0) is 0 Å². The van der Waals surface area contributed by atoms with Crippen molar-refractivity contribution in [1.29, 1.82) is 0 Å². The molecule has 0 spiro atoms. The Bertz CT molecular complexity index is 508. The smallest absolute Gasteiger partial charge is 0.206 e. The van der Waals surface area contributed by atoms with Gasteiger partial charge in [0, 0.05) is 11.3 Å². The Kier molecular flexibility index (Phi) is 3.52. The van der Waals surface area contributed by atoms with Crippen molar-refractivity contribution in [2.24, 2.45) is 0 Å². The third-order valence-corrected chi connectivity index (χ3v) is 4.95. The summed E-state index contributed by atoms with van der Waals surface area (Å²) in [6.07, 6.45) is 2.53. The molecule has 0 bridgehead atoms. The predicted octanol–water partition coefficient (Wildman–Crippen LogP) is 3.97. The van der Waals surface area contributed by atoms with Gasteiger partial charge in [-0.25, -0.2) is 0 Å². The monoisotopic (exact) mass is 277 g/mol.